The molecule has 0 heterocycles. The quantitative estimate of drug-likeness (QED) is 0.675. The number of carboxylic acids is 1. The minimum absolute atomic E-state index is 0.118. The average Bonchev–Trinajstić information content (AvgIpc) is 2.30. The zero-order valence-electron chi connectivity index (χ0n) is 7.95. The van der Waals surface area contributed by atoms with Crippen LogP contribution >= 0.6 is 0 Å². The van der Waals surface area contributed by atoms with Crippen molar-refractivity contribution in [3.05, 3.63) is 0 Å². The lowest BCUT2D eigenvalue weighted by Crippen LogP contribution is -2.30. The van der Waals surface area contributed by atoms with Crippen molar-refractivity contribution in [2.45, 2.75) is 25.8 Å². The lowest BCUT2D eigenvalue weighted by atomic mass is 10.1. The summed E-state index contributed by atoms with van der Waals surface area (Å²) in [5.74, 6) is -0.236. The van der Waals surface area contributed by atoms with Crippen LogP contribution < -0.4 is 0 Å². The molecular formula is C9H17NO2. The van der Waals surface area contributed by atoms with Gasteiger partial charge >= 0.3 is 5.97 Å². The highest BCUT2D eigenvalue weighted by atomic mass is 16.4. The zero-order valence-corrected chi connectivity index (χ0v) is 7.95. The summed E-state index contributed by atoms with van der Waals surface area (Å²) >= 11 is 0. The second-order valence-corrected chi connectivity index (χ2v) is 4.01. The number of hydrogen-bond acceptors (Lipinski definition) is 2. The predicted octanol–water partition coefficient (Wildman–Crippen LogP) is 1.05. The van der Waals surface area contributed by atoms with Gasteiger partial charge in [-0.1, -0.05) is 6.92 Å². The van der Waals surface area contributed by atoms with Gasteiger partial charge in [0.2, 0.25) is 0 Å². The highest BCUT2D eigenvalue weighted by Crippen LogP contribution is 2.33. The van der Waals surface area contributed by atoms with Gasteiger partial charge in [-0.05, 0) is 32.9 Å². The molecule has 3 unspecified atom stereocenters. The monoisotopic (exact) mass is 171 g/mol. The van der Waals surface area contributed by atoms with E-state index in [1.807, 2.05) is 14.1 Å². The number of hydrogen-bond donors (Lipinski definition) is 1. The molecule has 1 saturated carbocycles. The first-order chi connectivity index (χ1) is 5.52. The number of carboxylic acid groups (broad SMARTS) is 1. The van der Waals surface area contributed by atoms with E-state index in [0.717, 1.165) is 12.8 Å². The summed E-state index contributed by atoms with van der Waals surface area (Å²) in [6.07, 6.45) is 1.64. The predicted molar refractivity (Wildman–Crippen MR) is 47.0 cm³/mol. The summed E-state index contributed by atoms with van der Waals surface area (Å²) in [4.78, 5) is 12.8. The topological polar surface area (TPSA) is 40.5 Å². The Labute approximate surface area is 73.4 Å². The number of rotatable bonds is 2. The molecule has 70 valence electrons. The van der Waals surface area contributed by atoms with Crippen molar-refractivity contribution in [2.24, 2.45) is 11.8 Å². The van der Waals surface area contributed by atoms with Crippen LogP contribution in [0.2, 0.25) is 0 Å². The fourth-order valence-electron chi connectivity index (χ4n) is 2.15. The Morgan fingerprint density at radius 1 is 1.42 bits per heavy atom. The molecule has 0 aromatic carbocycles. The lowest BCUT2D eigenvalue weighted by Gasteiger charge is -2.22. The molecule has 0 radical (unpaired) electrons. The molecule has 1 N–H and O–H groups in total. The van der Waals surface area contributed by atoms with Gasteiger partial charge in [0.15, 0.2) is 0 Å². The molecule has 3 atom stereocenters. The standard InChI is InChI=1S/C9H17NO2/c1-6-4-7(9(11)12)5-8(6)10(2)3/h6-8H,4-5H2,1-3H3,(H,11,12). The van der Waals surface area contributed by atoms with Crippen LogP contribution in [0.1, 0.15) is 19.8 Å². The zero-order chi connectivity index (χ0) is 9.30. The summed E-state index contributed by atoms with van der Waals surface area (Å²) in [6.45, 7) is 2.13. The molecule has 1 aliphatic rings. The first kappa shape index (κ1) is 9.52. The van der Waals surface area contributed by atoms with E-state index in [9.17, 15) is 4.79 Å². The third kappa shape index (κ3) is 1.78. The van der Waals surface area contributed by atoms with E-state index in [0.29, 0.717) is 12.0 Å². The highest BCUT2D eigenvalue weighted by molar-refractivity contribution is 5.70. The number of carbonyl (C=O) groups is 1. The Morgan fingerprint density at radius 3 is 2.25 bits per heavy atom. The van der Waals surface area contributed by atoms with Gasteiger partial charge in [-0.3, -0.25) is 4.79 Å². The van der Waals surface area contributed by atoms with Crippen molar-refractivity contribution in [3.63, 3.8) is 0 Å². The van der Waals surface area contributed by atoms with Crippen molar-refractivity contribution >= 4 is 5.97 Å². The van der Waals surface area contributed by atoms with Gasteiger partial charge in [0.1, 0.15) is 0 Å². The van der Waals surface area contributed by atoms with Crippen molar-refractivity contribution in [3.8, 4) is 0 Å². The van der Waals surface area contributed by atoms with E-state index in [4.69, 9.17) is 5.11 Å². The molecule has 0 aromatic rings. The second kappa shape index (κ2) is 3.44. The maximum atomic E-state index is 10.7. The Hall–Kier alpha value is -0.570. The molecule has 12 heavy (non-hydrogen) atoms. The first-order valence-corrected chi connectivity index (χ1v) is 4.41. The smallest absolute Gasteiger partial charge is 0.306 e. The van der Waals surface area contributed by atoms with E-state index < -0.39 is 5.97 Å². The summed E-state index contributed by atoms with van der Waals surface area (Å²) in [7, 11) is 4.04. The molecule has 1 rings (SSSR count). The lowest BCUT2D eigenvalue weighted by molar-refractivity contribution is -0.141. The molecule has 1 fully saturated rings. The molecule has 3 nitrogen and oxygen atoms in total. The van der Waals surface area contributed by atoms with E-state index >= 15 is 0 Å². The Kier molecular flexibility index (Phi) is 2.73. The van der Waals surface area contributed by atoms with Crippen molar-refractivity contribution < 1.29 is 9.90 Å². The third-order valence-corrected chi connectivity index (χ3v) is 2.85. The van der Waals surface area contributed by atoms with Crippen LogP contribution in [0.15, 0.2) is 0 Å². The highest BCUT2D eigenvalue weighted by Gasteiger charge is 2.36. The van der Waals surface area contributed by atoms with E-state index in [2.05, 4.69) is 11.8 Å². The maximum Gasteiger partial charge on any atom is 0.306 e. The Morgan fingerprint density at radius 2 is 2.00 bits per heavy atom. The largest absolute Gasteiger partial charge is 0.481 e. The van der Waals surface area contributed by atoms with Crippen LogP contribution in [-0.2, 0) is 4.79 Å². The van der Waals surface area contributed by atoms with Crippen LogP contribution in [0.3, 0.4) is 0 Å². The number of aliphatic carboxylic acids is 1. The van der Waals surface area contributed by atoms with Crippen LogP contribution in [0.25, 0.3) is 0 Å². The fourth-order valence-corrected chi connectivity index (χ4v) is 2.15. The number of nitrogens with zero attached hydrogens (tertiary/aromatic N) is 1. The van der Waals surface area contributed by atoms with Gasteiger partial charge in [0.25, 0.3) is 0 Å². The summed E-state index contributed by atoms with van der Waals surface area (Å²) in [5, 5.41) is 8.81. The molecule has 0 saturated heterocycles. The van der Waals surface area contributed by atoms with Crippen molar-refractivity contribution in [1.29, 1.82) is 0 Å². The normalized spacial score (nSPS) is 35.8. The first-order valence-electron chi connectivity index (χ1n) is 4.41. The van der Waals surface area contributed by atoms with Gasteiger partial charge < -0.3 is 10.0 Å². The van der Waals surface area contributed by atoms with Gasteiger partial charge in [0.05, 0.1) is 5.92 Å². The van der Waals surface area contributed by atoms with E-state index in [1.54, 1.807) is 0 Å². The fraction of sp³-hybridized carbons (Fsp3) is 0.889. The molecule has 0 bridgehead atoms. The van der Waals surface area contributed by atoms with Crippen LogP contribution in [0.5, 0.6) is 0 Å². The molecule has 0 aliphatic heterocycles. The van der Waals surface area contributed by atoms with Crippen LogP contribution in [-0.4, -0.2) is 36.1 Å². The van der Waals surface area contributed by atoms with Gasteiger partial charge in [-0.25, -0.2) is 0 Å². The van der Waals surface area contributed by atoms with Crippen LogP contribution in [0.4, 0.5) is 0 Å². The van der Waals surface area contributed by atoms with Gasteiger partial charge in [-0.2, -0.15) is 0 Å². The Bertz CT molecular complexity index is 179. The molecular weight excluding hydrogens is 154 g/mol. The maximum absolute atomic E-state index is 10.7. The van der Waals surface area contributed by atoms with Crippen molar-refractivity contribution in [1.82, 2.24) is 4.90 Å². The second-order valence-electron chi connectivity index (χ2n) is 4.01. The third-order valence-electron chi connectivity index (χ3n) is 2.85. The van der Waals surface area contributed by atoms with Crippen LogP contribution in [0, 0.1) is 11.8 Å². The van der Waals surface area contributed by atoms with Crippen molar-refractivity contribution in [2.75, 3.05) is 14.1 Å². The minimum atomic E-state index is -0.633. The average molecular weight is 171 g/mol. The van der Waals surface area contributed by atoms with E-state index in [-0.39, 0.29) is 5.92 Å². The molecule has 0 spiro atoms. The summed E-state index contributed by atoms with van der Waals surface area (Å²) in [5.41, 5.74) is 0. The summed E-state index contributed by atoms with van der Waals surface area (Å²) in [6, 6.07) is 0.450. The van der Waals surface area contributed by atoms with E-state index in [1.165, 1.54) is 0 Å². The Balaban J connectivity index is 2.56. The molecule has 0 aromatic heterocycles. The van der Waals surface area contributed by atoms with Gasteiger partial charge in [0, 0.05) is 6.04 Å². The molecule has 0 amide bonds. The SMILES string of the molecule is CC1CC(C(=O)O)CC1N(C)C. The minimum Gasteiger partial charge on any atom is -0.481 e. The van der Waals surface area contributed by atoms with Gasteiger partial charge in [-0.15, -0.1) is 0 Å². The molecule has 3 heteroatoms. The summed E-state index contributed by atoms with van der Waals surface area (Å²) < 4.78 is 0. The molecule has 1 aliphatic carbocycles.